The van der Waals surface area contributed by atoms with E-state index < -0.39 is 35.9 Å². The van der Waals surface area contributed by atoms with Crippen molar-refractivity contribution in [1.82, 2.24) is 10.6 Å². The normalized spacial score (nSPS) is 14.4. The fourth-order valence-electron chi connectivity index (χ4n) is 2.19. The first-order chi connectivity index (χ1) is 11.8. The van der Waals surface area contributed by atoms with Gasteiger partial charge in [-0.2, -0.15) is 12.6 Å². The minimum Gasteiger partial charge on any atom is -0.480 e. The lowest BCUT2D eigenvalue weighted by Gasteiger charge is -2.24. The Labute approximate surface area is 152 Å². The number of hydrogen-bond acceptors (Lipinski definition) is 5. The predicted molar refractivity (Wildman–Crippen MR) is 98.3 cm³/mol. The van der Waals surface area contributed by atoms with Gasteiger partial charge in [0.1, 0.15) is 12.1 Å². The molecule has 0 aliphatic carbocycles. The number of nitrogens with two attached hydrogens (primary N) is 1. The van der Waals surface area contributed by atoms with E-state index in [2.05, 4.69) is 23.3 Å². The number of carbonyl (C=O) groups excluding carboxylic acids is 2. The van der Waals surface area contributed by atoms with Crippen molar-refractivity contribution in [2.75, 3.05) is 5.75 Å². The maximum absolute atomic E-state index is 12.6. The zero-order valence-corrected chi connectivity index (χ0v) is 15.2. The third-order valence-corrected chi connectivity index (χ3v) is 4.07. The number of benzene rings is 1. The molecule has 25 heavy (non-hydrogen) atoms. The molecular formula is C17H25N3O4S. The van der Waals surface area contributed by atoms with Gasteiger partial charge in [0.25, 0.3) is 0 Å². The van der Waals surface area contributed by atoms with Gasteiger partial charge in [0.2, 0.25) is 11.8 Å². The van der Waals surface area contributed by atoms with Crippen LogP contribution < -0.4 is 16.4 Å². The third-order valence-electron chi connectivity index (χ3n) is 3.68. The molecule has 0 fully saturated rings. The fraction of sp³-hybridized carbons (Fsp3) is 0.471. The Morgan fingerprint density at radius 1 is 1.12 bits per heavy atom. The molecule has 1 aromatic rings. The number of carboxylic acid groups (broad SMARTS) is 1. The average Bonchev–Trinajstić information content (AvgIpc) is 2.58. The molecule has 0 aliphatic rings. The Balaban J connectivity index is 2.93. The molecular weight excluding hydrogens is 342 g/mol. The number of hydrogen-bond donors (Lipinski definition) is 5. The highest BCUT2D eigenvalue weighted by Crippen LogP contribution is 2.07. The van der Waals surface area contributed by atoms with Crippen molar-refractivity contribution < 1.29 is 19.5 Å². The monoisotopic (exact) mass is 367 g/mol. The van der Waals surface area contributed by atoms with Crippen molar-refractivity contribution in [3.63, 3.8) is 0 Å². The number of carboxylic acids is 1. The minimum absolute atomic E-state index is 0.134. The smallest absolute Gasteiger partial charge is 0.326 e. The second-order valence-corrected chi connectivity index (χ2v) is 6.47. The van der Waals surface area contributed by atoms with E-state index in [0.29, 0.717) is 0 Å². The molecule has 7 nitrogen and oxygen atoms in total. The number of amides is 2. The van der Waals surface area contributed by atoms with Crippen LogP contribution in [-0.4, -0.2) is 46.8 Å². The fourth-order valence-corrected chi connectivity index (χ4v) is 2.35. The molecule has 8 heteroatoms. The van der Waals surface area contributed by atoms with Crippen molar-refractivity contribution in [2.24, 2.45) is 11.7 Å². The van der Waals surface area contributed by atoms with E-state index in [9.17, 15) is 19.5 Å². The summed E-state index contributed by atoms with van der Waals surface area (Å²) >= 11 is 3.97. The zero-order chi connectivity index (χ0) is 19.0. The van der Waals surface area contributed by atoms with Crippen LogP contribution >= 0.6 is 12.6 Å². The molecule has 0 saturated heterocycles. The summed E-state index contributed by atoms with van der Waals surface area (Å²) < 4.78 is 0. The van der Waals surface area contributed by atoms with E-state index in [4.69, 9.17) is 5.73 Å². The van der Waals surface area contributed by atoms with E-state index in [1.165, 1.54) is 0 Å². The van der Waals surface area contributed by atoms with Crippen LogP contribution in [0.1, 0.15) is 19.4 Å². The SMILES string of the molecule is CC(C)C(NC(=O)C(Cc1ccccc1)NC(=O)C(N)CS)C(=O)O. The Bertz CT molecular complexity index is 595. The molecule has 0 bridgehead atoms. The Morgan fingerprint density at radius 3 is 2.20 bits per heavy atom. The molecule has 3 unspecified atom stereocenters. The van der Waals surface area contributed by atoms with E-state index in [-0.39, 0.29) is 18.1 Å². The average molecular weight is 367 g/mol. The summed E-state index contributed by atoms with van der Waals surface area (Å²) in [5, 5.41) is 14.3. The van der Waals surface area contributed by atoms with Gasteiger partial charge in [-0.3, -0.25) is 9.59 Å². The summed E-state index contributed by atoms with van der Waals surface area (Å²) in [6.45, 7) is 3.39. The molecule has 0 heterocycles. The van der Waals surface area contributed by atoms with E-state index >= 15 is 0 Å². The van der Waals surface area contributed by atoms with Crippen molar-refractivity contribution in [3.8, 4) is 0 Å². The van der Waals surface area contributed by atoms with Crippen LogP contribution in [0.4, 0.5) is 0 Å². The van der Waals surface area contributed by atoms with Gasteiger partial charge < -0.3 is 21.5 Å². The van der Waals surface area contributed by atoms with Crippen LogP contribution in [0.2, 0.25) is 0 Å². The second-order valence-electron chi connectivity index (χ2n) is 6.11. The van der Waals surface area contributed by atoms with Gasteiger partial charge in [-0.15, -0.1) is 0 Å². The third kappa shape index (κ3) is 6.75. The van der Waals surface area contributed by atoms with Gasteiger partial charge in [0.15, 0.2) is 0 Å². The number of thiol groups is 1. The molecule has 2 amide bonds. The van der Waals surface area contributed by atoms with Crippen LogP contribution in [0.5, 0.6) is 0 Å². The van der Waals surface area contributed by atoms with Crippen molar-refractivity contribution in [1.29, 1.82) is 0 Å². The minimum atomic E-state index is -1.12. The van der Waals surface area contributed by atoms with Gasteiger partial charge in [-0.1, -0.05) is 44.2 Å². The Hall–Kier alpha value is -2.06. The Kier molecular flexibility index (Phi) is 8.44. The maximum Gasteiger partial charge on any atom is 0.326 e. The Morgan fingerprint density at radius 2 is 1.72 bits per heavy atom. The van der Waals surface area contributed by atoms with Gasteiger partial charge in [0, 0.05) is 12.2 Å². The summed E-state index contributed by atoms with van der Waals surface area (Å²) in [6, 6.07) is 6.30. The molecule has 1 rings (SSSR count). The van der Waals surface area contributed by atoms with E-state index in [1.807, 2.05) is 30.3 Å². The van der Waals surface area contributed by atoms with Gasteiger partial charge in [0.05, 0.1) is 6.04 Å². The second kappa shape index (κ2) is 10.0. The standard InChI is InChI=1S/C17H25N3O4S/c1-10(2)14(17(23)24)20-16(22)13(19-15(21)12(18)9-25)8-11-6-4-3-5-7-11/h3-7,10,12-14,25H,8-9,18H2,1-2H3,(H,19,21)(H,20,22)(H,23,24). The molecule has 0 saturated carbocycles. The topological polar surface area (TPSA) is 122 Å². The lowest BCUT2D eigenvalue weighted by molar-refractivity contribution is -0.143. The lowest BCUT2D eigenvalue weighted by Crippen LogP contribution is -2.56. The van der Waals surface area contributed by atoms with Crippen molar-refractivity contribution >= 4 is 30.4 Å². The highest BCUT2D eigenvalue weighted by molar-refractivity contribution is 7.80. The van der Waals surface area contributed by atoms with Crippen LogP contribution in [0.3, 0.4) is 0 Å². The summed E-state index contributed by atoms with van der Waals surface area (Å²) in [7, 11) is 0. The molecule has 138 valence electrons. The van der Waals surface area contributed by atoms with Crippen LogP contribution in [0.25, 0.3) is 0 Å². The first-order valence-corrected chi connectivity index (χ1v) is 8.63. The highest BCUT2D eigenvalue weighted by atomic mass is 32.1. The summed E-state index contributed by atoms with van der Waals surface area (Å²) in [5.74, 6) is -2.36. The van der Waals surface area contributed by atoms with Crippen molar-refractivity contribution in [2.45, 2.75) is 38.4 Å². The maximum atomic E-state index is 12.6. The van der Waals surface area contributed by atoms with Crippen LogP contribution in [0.15, 0.2) is 30.3 Å². The number of nitrogens with one attached hydrogen (secondary N) is 2. The van der Waals surface area contributed by atoms with E-state index in [0.717, 1.165) is 5.56 Å². The number of aliphatic carboxylic acids is 1. The first kappa shape index (κ1) is 21.0. The lowest BCUT2D eigenvalue weighted by atomic mass is 10.0. The first-order valence-electron chi connectivity index (χ1n) is 8.00. The summed E-state index contributed by atoms with van der Waals surface area (Å²) in [6.07, 6.45) is 0.224. The zero-order valence-electron chi connectivity index (χ0n) is 14.3. The summed E-state index contributed by atoms with van der Waals surface area (Å²) in [5.41, 5.74) is 6.47. The largest absolute Gasteiger partial charge is 0.480 e. The quantitative estimate of drug-likeness (QED) is 0.399. The number of carbonyl (C=O) groups is 3. The molecule has 3 atom stereocenters. The molecule has 0 radical (unpaired) electrons. The van der Waals surface area contributed by atoms with Gasteiger partial charge >= 0.3 is 5.97 Å². The van der Waals surface area contributed by atoms with Crippen LogP contribution in [-0.2, 0) is 20.8 Å². The van der Waals surface area contributed by atoms with Gasteiger partial charge in [-0.05, 0) is 11.5 Å². The number of rotatable bonds is 9. The van der Waals surface area contributed by atoms with E-state index in [1.54, 1.807) is 13.8 Å². The molecule has 0 aliphatic heterocycles. The predicted octanol–water partition coefficient (Wildman–Crippen LogP) is 0.196. The summed E-state index contributed by atoms with van der Waals surface area (Å²) in [4.78, 5) is 35.9. The highest BCUT2D eigenvalue weighted by Gasteiger charge is 2.29. The molecule has 5 N–H and O–H groups in total. The van der Waals surface area contributed by atoms with Crippen molar-refractivity contribution in [3.05, 3.63) is 35.9 Å². The molecule has 0 aromatic heterocycles. The van der Waals surface area contributed by atoms with Gasteiger partial charge in [-0.25, -0.2) is 4.79 Å². The molecule has 1 aromatic carbocycles. The van der Waals surface area contributed by atoms with Crippen LogP contribution in [0, 0.1) is 5.92 Å². The molecule has 0 spiro atoms.